The van der Waals surface area contributed by atoms with Crippen molar-refractivity contribution in [2.24, 2.45) is 5.92 Å². The maximum atomic E-state index is 4.81. The maximum absolute atomic E-state index is 4.81. The molecule has 0 aromatic carbocycles. The van der Waals surface area contributed by atoms with Crippen LogP contribution in [0.3, 0.4) is 0 Å². The summed E-state index contributed by atoms with van der Waals surface area (Å²) in [6, 6.07) is 1.03. The first kappa shape index (κ1) is 15.3. The van der Waals surface area contributed by atoms with Gasteiger partial charge in [0, 0.05) is 23.2 Å². The SMILES string of the molecule is CC(C)c1cn2c(-c3cncc(N[C@@H]4C[C@@H]5CN[C@H]4C5)n3)cnc2s1. The normalized spacial score (nSPS) is 25.3. The minimum absolute atomic E-state index is 0.461. The largest absolute Gasteiger partial charge is 0.364 e. The zero-order chi connectivity index (χ0) is 17.0. The third-order valence-electron chi connectivity index (χ3n) is 5.36. The highest BCUT2D eigenvalue weighted by atomic mass is 32.1. The maximum Gasteiger partial charge on any atom is 0.194 e. The van der Waals surface area contributed by atoms with Crippen LogP contribution >= 0.6 is 11.3 Å². The second-order valence-electron chi connectivity index (χ2n) is 7.48. The Morgan fingerprint density at radius 1 is 1.28 bits per heavy atom. The van der Waals surface area contributed by atoms with Crippen molar-refractivity contribution < 1.29 is 0 Å². The molecule has 0 unspecified atom stereocenters. The third kappa shape index (κ3) is 2.62. The van der Waals surface area contributed by atoms with Crippen molar-refractivity contribution in [3.8, 4) is 11.4 Å². The number of rotatable bonds is 4. The molecule has 1 aliphatic heterocycles. The van der Waals surface area contributed by atoms with Crippen LogP contribution in [0.2, 0.25) is 0 Å². The molecule has 5 rings (SSSR count). The topological polar surface area (TPSA) is 67.1 Å². The van der Waals surface area contributed by atoms with E-state index in [-0.39, 0.29) is 0 Å². The van der Waals surface area contributed by atoms with E-state index >= 15 is 0 Å². The lowest BCUT2D eigenvalue weighted by molar-refractivity contribution is 0.465. The molecule has 7 heteroatoms. The quantitative estimate of drug-likeness (QED) is 0.753. The number of nitrogens with one attached hydrogen (secondary N) is 2. The molecule has 2 bridgehead atoms. The molecule has 1 saturated carbocycles. The van der Waals surface area contributed by atoms with Crippen LogP contribution in [0.25, 0.3) is 16.3 Å². The molecular weight excluding hydrogens is 332 g/mol. The molecule has 25 heavy (non-hydrogen) atoms. The summed E-state index contributed by atoms with van der Waals surface area (Å²) in [5.74, 6) is 2.17. The molecule has 3 aromatic heterocycles. The fourth-order valence-corrected chi connectivity index (χ4v) is 4.98. The van der Waals surface area contributed by atoms with E-state index in [2.05, 4.69) is 45.0 Å². The Kier molecular flexibility index (Phi) is 3.53. The minimum atomic E-state index is 0.461. The van der Waals surface area contributed by atoms with Gasteiger partial charge in [-0.15, -0.1) is 11.3 Å². The molecule has 1 saturated heterocycles. The predicted octanol–water partition coefficient (Wildman–Crippen LogP) is 3.14. The first-order valence-corrected chi connectivity index (χ1v) is 9.78. The zero-order valence-electron chi connectivity index (χ0n) is 14.4. The monoisotopic (exact) mass is 354 g/mol. The van der Waals surface area contributed by atoms with Gasteiger partial charge in [-0.2, -0.15) is 0 Å². The van der Waals surface area contributed by atoms with Crippen LogP contribution in [0.4, 0.5) is 5.82 Å². The summed E-state index contributed by atoms with van der Waals surface area (Å²) in [6.07, 6.45) is 10.2. The van der Waals surface area contributed by atoms with Gasteiger partial charge in [-0.3, -0.25) is 9.38 Å². The Bertz CT molecular complexity index is 913. The Morgan fingerprint density at radius 3 is 2.96 bits per heavy atom. The second-order valence-corrected chi connectivity index (χ2v) is 8.52. The van der Waals surface area contributed by atoms with E-state index in [9.17, 15) is 0 Å². The van der Waals surface area contributed by atoms with Crippen molar-refractivity contribution in [3.05, 3.63) is 29.7 Å². The standard InChI is InChI=1S/C18H22N6S/c1-10(2)16-9-24-15(7-21-18(24)25-16)14-6-19-8-17(23-14)22-13-4-11-3-12(13)20-5-11/h6-13,20H,3-5H2,1-2H3,(H,22,23)/t11-,12+,13-/m1/s1. The predicted molar refractivity (Wildman–Crippen MR) is 100 cm³/mol. The highest BCUT2D eigenvalue weighted by Gasteiger charge is 2.39. The molecule has 1 aliphatic carbocycles. The van der Waals surface area contributed by atoms with Crippen molar-refractivity contribution in [2.75, 3.05) is 11.9 Å². The van der Waals surface area contributed by atoms with Crippen molar-refractivity contribution in [1.29, 1.82) is 0 Å². The van der Waals surface area contributed by atoms with Crippen molar-refractivity contribution in [2.45, 2.75) is 44.7 Å². The average molecular weight is 354 g/mol. The molecule has 3 aromatic rings. The van der Waals surface area contributed by atoms with Crippen LogP contribution in [-0.2, 0) is 0 Å². The van der Waals surface area contributed by atoms with Gasteiger partial charge < -0.3 is 10.6 Å². The third-order valence-corrected chi connectivity index (χ3v) is 6.65. The number of thiazole rings is 1. The Hall–Kier alpha value is -1.99. The second kappa shape index (κ2) is 5.78. The van der Waals surface area contributed by atoms with Crippen LogP contribution in [0, 0.1) is 5.92 Å². The summed E-state index contributed by atoms with van der Waals surface area (Å²) in [5, 5.41) is 7.17. The Morgan fingerprint density at radius 2 is 2.20 bits per heavy atom. The molecule has 4 heterocycles. The van der Waals surface area contributed by atoms with Gasteiger partial charge in [0.2, 0.25) is 0 Å². The summed E-state index contributed by atoms with van der Waals surface area (Å²) in [7, 11) is 0. The van der Waals surface area contributed by atoms with Gasteiger partial charge in [-0.05, 0) is 31.2 Å². The first-order valence-electron chi connectivity index (χ1n) is 8.96. The van der Waals surface area contributed by atoms with Gasteiger partial charge in [0.15, 0.2) is 4.96 Å². The molecule has 2 aliphatic rings. The van der Waals surface area contributed by atoms with Gasteiger partial charge in [0.05, 0.1) is 24.3 Å². The lowest BCUT2D eigenvalue weighted by Gasteiger charge is -2.24. The van der Waals surface area contributed by atoms with Gasteiger partial charge >= 0.3 is 0 Å². The zero-order valence-corrected chi connectivity index (χ0v) is 15.3. The number of piperidine rings is 1. The Labute approximate surface area is 150 Å². The van der Waals surface area contributed by atoms with Crippen LogP contribution in [0.1, 0.15) is 37.5 Å². The molecule has 0 amide bonds. The number of fused-ring (bicyclic) bond motifs is 3. The lowest BCUT2D eigenvalue weighted by atomic mass is 10.1. The van der Waals surface area contributed by atoms with Crippen LogP contribution in [0.5, 0.6) is 0 Å². The van der Waals surface area contributed by atoms with E-state index in [0.717, 1.165) is 28.1 Å². The smallest absolute Gasteiger partial charge is 0.194 e. The molecular formula is C18H22N6S. The molecule has 0 spiro atoms. The minimum Gasteiger partial charge on any atom is -0.364 e. The fraction of sp³-hybridized carbons (Fsp3) is 0.500. The number of imidazole rings is 1. The van der Waals surface area contributed by atoms with E-state index < -0.39 is 0 Å². The lowest BCUT2D eigenvalue weighted by Crippen LogP contribution is -2.41. The van der Waals surface area contributed by atoms with Gasteiger partial charge in [0.1, 0.15) is 11.5 Å². The van der Waals surface area contributed by atoms with E-state index in [1.54, 1.807) is 11.3 Å². The van der Waals surface area contributed by atoms with Crippen LogP contribution < -0.4 is 10.6 Å². The fourth-order valence-electron chi connectivity index (χ4n) is 4.02. The van der Waals surface area contributed by atoms with E-state index in [0.29, 0.717) is 18.0 Å². The highest BCUT2D eigenvalue weighted by Crippen LogP contribution is 2.33. The van der Waals surface area contributed by atoms with Crippen LogP contribution in [0.15, 0.2) is 24.8 Å². The molecule has 2 N–H and O–H groups in total. The van der Waals surface area contributed by atoms with Gasteiger partial charge in [-0.1, -0.05) is 13.8 Å². The van der Waals surface area contributed by atoms with Gasteiger partial charge in [-0.25, -0.2) is 9.97 Å². The Balaban J connectivity index is 1.44. The molecule has 130 valence electrons. The average Bonchev–Trinajstić information content (AvgIpc) is 3.35. The number of nitrogens with zero attached hydrogens (tertiary/aromatic N) is 4. The van der Waals surface area contributed by atoms with E-state index in [4.69, 9.17) is 4.98 Å². The van der Waals surface area contributed by atoms with Gasteiger partial charge in [0.25, 0.3) is 0 Å². The number of hydrogen-bond donors (Lipinski definition) is 2. The molecule has 3 atom stereocenters. The van der Waals surface area contributed by atoms with Crippen molar-refractivity contribution >= 4 is 22.1 Å². The van der Waals surface area contributed by atoms with Crippen LogP contribution in [-0.4, -0.2) is 38.0 Å². The van der Waals surface area contributed by atoms with E-state index in [1.807, 2.05) is 18.6 Å². The molecule has 0 radical (unpaired) electrons. The molecule has 2 fully saturated rings. The first-order chi connectivity index (χ1) is 12.2. The summed E-state index contributed by atoms with van der Waals surface area (Å²) in [6.45, 7) is 5.58. The van der Waals surface area contributed by atoms with Crippen molar-refractivity contribution in [3.63, 3.8) is 0 Å². The number of aromatic nitrogens is 4. The number of hydrogen-bond acceptors (Lipinski definition) is 6. The summed E-state index contributed by atoms with van der Waals surface area (Å²) < 4.78 is 2.13. The summed E-state index contributed by atoms with van der Waals surface area (Å²) >= 11 is 1.74. The summed E-state index contributed by atoms with van der Waals surface area (Å²) in [5.41, 5.74) is 1.86. The highest BCUT2D eigenvalue weighted by molar-refractivity contribution is 7.17. The summed E-state index contributed by atoms with van der Waals surface area (Å²) in [4.78, 5) is 16.1. The van der Waals surface area contributed by atoms with Crippen molar-refractivity contribution in [1.82, 2.24) is 24.7 Å². The number of anilines is 1. The molecule has 6 nitrogen and oxygen atoms in total. The van der Waals surface area contributed by atoms with E-state index in [1.165, 1.54) is 24.3 Å².